The summed E-state index contributed by atoms with van der Waals surface area (Å²) in [6, 6.07) is 24.0. The molecule has 7 nitrogen and oxygen atoms in total. The molecular weight excluding hydrogens is 418 g/mol. The van der Waals surface area contributed by atoms with Crippen LogP contribution in [-0.2, 0) is 4.79 Å². The lowest BCUT2D eigenvalue weighted by Crippen LogP contribution is -2.44. The topological polar surface area (TPSA) is 79.9 Å². The molecule has 170 valence electrons. The molecule has 0 spiro atoms. The summed E-state index contributed by atoms with van der Waals surface area (Å²) < 4.78 is 10.6. The summed E-state index contributed by atoms with van der Waals surface area (Å²) in [5, 5.41) is 6.02. The van der Waals surface area contributed by atoms with Crippen molar-refractivity contribution in [3.63, 3.8) is 0 Å². The fourth-order valence-corrected chi connectivity index (χ4v) is 4.05. The first-order chi connectivity index (χ1) is 16.1. The van der Waals surface area contributed by atoms with E-state index in [9.17, 15) is 9.59 Å². The number of ether oxygens (including phenoxy) is 2. The van der Waals surface area contributed by atoms with Crippen LogP contribution >= 0.6 is 0 Å². The molecule has 1 heterocycles. The van der Waals surface area contributed by atoms with Gasteiger partial charge < -0.3 is 25.0 Å². The van der Waals surface area contributed by atoms with E-state index in [0.717, 1.165) is 11.1 Å². The summed E-state index contributed by atoms with van der Waals surface area (Å²) in [6.45, 7) is 0.378. The quantitative estimate of drug-likeness (QED) is 0.578. The van der Waals surface area contributed by atoms with E-state index in [1.807, 2.05) is 66.7 Å². The van der Waals surface area contributed by atoms with Gasteiger partial charge in [0.05, 0.1) is 26.3 Å². The van der Waals surface area contributed by atoms with Gasteiger partial charge >= 0.3 is 6.03 Å². The van der Waals surface area contributed by atoms with Crippen molar-refractivity contribution in [3.8, 4) is 11.5 Å². The highest BCUT2D eigenvalue weighted by Crippen LogP contribution is 2.33. The number of nitrogens with one attached hydrogen (secondary N) is 2. The number of urea groups is 1. The fraction of sp³-hybridized carbons (Fsp3) is 0.231. The van der Waals surface area contributed by atoms with Gasteiger partial charge in [-0.3, -0.25) is 4.79 Å². The first-order valence-electron chi connectivity index (χ1n) is 10.8. The van der Waals surface area contributed by atoms with Gasteiger partial charge in [0.1, 0.15) is 0 Å². The van der Waals surface area contributed by atoms with Crippen LogP contribution in [0.25, 0.3) is 0 Å². The third-order valence-electron chi connectivity index (χ3n) is 5.68. The lowest BCUT2D eigenvalue weighted by Gasteiger charge is -2.22. The van der Waals surface area contributed by atoms with Crippen LogP contribution < -0.4 is 25.0 Å². The average molecular weight is 446 g/mol. The summed E-state index contributed by atoms with van der Waals surface area (Å²) in [5.41, 5.74) is 2.66. The monoisotopic (exact) mass is 445 g/mol. The SMILES string of the molecule is COc1ccc(N2CC(NC(=O)NC(c3ccccc3)c3ccccc3)CC2=O)cc1OC. The van der Waals surface area contributed by atoms with E-state index in [1.165, 1.54) is 0 Å². The Morgan fingerprint density at radius 1 is 0.909 bits per heavy atom. The Morgan fingerprint density at radius 2 is 1.52 bits per heavy atom. The Bertz CT molecular complexity index is 1070. The second-order valence-electron chi connectivity index (χ2n) is 7.82. The van der Waals surface area contributed by atoms with Gasteiger partial charge in [0.2, 0.25) is 5.91 Å². The van der Waals surface area contributed by atoms with Crippen molar-refractivity contribution < 1.29 is 19.1 Å². The van der Waals surface area contributed by atoms with Crippen molar-refractivity contribution in [1.82, 2.24) is 10.6 Å². The molecule has 1 fully saturated rings. The van der Waals surface area contributed by atoms with Gasteiger partial charge in [0.25, 0.3) is 0 Å². The fourth-order valence-electron chi connectivity index (χ4n) is 4.05. The van der Waals surface area contributed by atoms with Crippen LogP contribution in [0.2, 0.25) is 0 Å². The Morgan fingerprint density at radius 3 is 2.09 bits per heavy atom. The van der Waals surface area contributed by atoms with Crippen molar-refractivity contribution in [2.45, 2.75) is 18.5 Å². The molecule has 1 aliphatic heterocycles. The zero-order valence-electron chi connectivity index (χ0n) is 18.7. The molecule has 0 aliphatic carbocycles. The number of carbonyl (C=O) groups is 2. The Labute approximate surface area is 193 Å². The molecule has 0 bridgehead atoms. The molecule has 33 heavy (non-hydrogen) atoms. The number of carbonyl (C=O) groups excluding carboxylic acids is 2. The van der Waals surface area contributed by atoms with Crippen LogP contribution in [0.1, 0.15) is 23.6 Å². The minimum atomic E-state index is -0.320. The Balaban J connectivity index is 1.45. The molecule has 0 aromatic heterocycles. The molecule has 1 aliphatic rings. The van der Waals surface area contributed by atoms with Crippen LogP contribution in [0.4, 0.5) is 10.5 Å². The van der Waals surface area contributed by atoms with Crippen LogP contribution in [0.15, 0.2) is 78.9 Å². The average Bonchev–Trinajstić information content (AvgIpc) is 3.22. The van der Waals surface area contributed by atoms with Crippen molar-refractivity contribution in [2.24, 2.45) is 0 Å². The van der Waals surface area contributed by atoms with Crippen LogP contribution in [-0.4, -0.2) is 38.7 Å². The van der Waals surface area contributed by atoms with E-state index >= 15 is 0 Å². The van der Waals surface area contributed by atoms with Gasteiger partial charge in [0, 0.05) is 24.7 Å². The summed E-state index contributed by atoms with van der Waals surface area (Å²) in [7, 11) is 3.12. The van der Waals surface area contributed by atoms with Gasteiger partial charge in [-0.25, -0.2) is 4.79 Å². The lowest BCUT2D eigenvalue weighted by atomic mass is 9.99. The van der Waals surface area contributed by atoms with Gasteiger partial charge in [0.15, 0.2) is 11.5 Å². The predicted molar refractivity (Wildman–Crippen MR) is 127 cm³/mol. The summed E-state index contributed by atoms with van der Waals surface area (Å²) >= 11 is 0. The molecule has 4 rings (SSSR count). The van der Waals surface area contributed by atoms with E-state index in [2.05, 4.69) is 10.6 Å². The van der Waals surface area contributed by atoms with Crippen molar-refractivity contribution in [3.05, 3.63) is 90.0 Å². The maximum absolute atomic E-state index is 12.9. The molecule has 0 radical (unpaired) electrons. The molecule has 1 atom stereocenters. The maximum Gasteiger partial charge on any atom is 0.315 e. The van der Waals surface area contributed by atoms with Gasteiger partial charge in [-0.1, -0.05) is 60.7 Å². The lowest BCUT2D eigenvalue weighted by molar-refractivity contribution is -0.117. The minimum Gasteiger partial charge on any atom is -0.493 e. The molecule has 1 unspecified atom stereocenters. The number of nitrogens with zero attached hydrogens (tertiary/aromatic N) is 1. The summed E-state index contributed by atoms with van der Waals surface area (Å²) in [5.74, 6) is 1.08. The van der Waals surface area contributed by atoms with Gasteiger partial charge in [-0.2, -0.15) is 0 Å². The third kappa shape index (κ3) is 5.09. The molecule has 2 N–H and O–H groups in total. The van der Waals surface area contributed by atoms with Crippen LogP contribution in [0, 0.1) is 0 Å². The standard InChI is InChI=1S/C26H27N3O4/c1-32-22-14-13-21(16-23(22)33-2)29-17-20(15-24(29)30)27-26(31)28-25(18-9-5-3-6-10-18)19-11-7-4-8-12-19/h3-14,16,20,25H,15,17H2,1-2H3,(H2,27,28,31). The number of methoxy groups -OCH3 is 2. The highest BCUT2D eigenvalue weighted by molar-refractivity contribution is 5.97. The Hall–Kier alpha value is -4.00. The molecule has 0 saturated carbocycles. The largest absolute Gasteiger partial charge is 0.493 e. The third-order valence-corrected chi connectivity index (χ3v) is 5.68. The van der Waals surface area contributed by atoms with Gasteiger partial charge in [-0.15, -0.1) is 0 Å². The first-order valence-corrected chi connectivity index (χ1v) is 10.8. The molecule has 3 aromatic rings. The van der Waals surface area contributed by atoms with E-state index in [0.29, 0.717) is 23.7 Å². The van der Waals surface area contributed by atoms with E-state index < -0.39 is 0 Å². The van der Waals surface area contributed by atoms with E-state index in [-0.39, 0.29) is 30.4 Å². The molecule has 3 amide bonds. The first kappa shape index (κ1) is 22.2. The number of amides is 3. The van der Waals surface area contributed by atoms with Crippen LogP contribution in [0.5, 0.6) is 11.5 Å². The second kappa shape index (κ2) is 10.1. The number of benzene rings is 3. The molecule has 1 saturated heterocycles. The predicted octanol–water partition coefficient (Wildman–Crippen LogP) is 3.90. The maximum atomic E-state index is 12.9. The highest BCUT2D eigenvalue weighted by atomic mass is 16.5. The number of anilines is 1. The number of rotatable bonds is 7. The molecule has 3 aromatic carbocycles. The summed E-state index contributed by atoms with van der Waals surface area (Å²) in [6.07, 6.45) is 0.225. The second-order valence-corrected chi connectivity index (χ2v) is 7.82. The minimum absolute atomic E-state index is 0.0600. The van der Waals surface area contributed by atoms with E-state index in [4.69, 9.17) is 9.47 Å². The zero-order chi connectivity index (χ0) is 23.2. The molecule has 7 heteroatoms. The Kier molecular flexibility index (Phi) is 6.78. The van der Waals surface area contributed by atoms with Crippen LogP contribution in [0.3, 0.4) is 0 Å². The van der Waals surface area contributed by atoms with E-state index in [1.54, 1.807) is 31.3 Å². The highest BCUT2D eigenvalue weighted by Gasteiger charge is 2.32. The van der Waals surface area contributed by atoms with Crippen molar-refractivity contribution >= 4 is 17.6 Å². The number of hydrogen-bond donors (Lipinski definition) is 2. The van der Waals surface area contributed by atoms with Crippen molar-refractivity contribution in [2.75, 3.05) is 25.7 Å². The summed E-state index contributed by atoms with van der Waals surface area (Å²) in [4.78, 5) is 27.2. The number of hydrogen-bond acceptors (Lipinski definition) is 4. The van der Waals surface area contributed by atoms with Crippen molar-refractivity contribution in [1.29, 1.82) is 0 Å². The smallest absolute Gasteiger partial charge is 0.315 e. The van der Waals surface area contributed by atoms with Gasteiger partial charge in [-0.05, 0) is 23.3 Å². The molecular formula is C26H27N3O4. The zero-order valence-corrected chi connectivity index (χ0v) is 18.7. The normalized spacial score (nSPS) is 15.4.